The topological polar surface area (TPSA) is 103 Å². The average Bonchev–Trinajstić information content (AvgIpc) is 2.52. The van der Waals surface area contributed by atoms with Gasteiger partial charge in [0.1, 0.15) is 5.75 Å². The van der Waals surface area contributed by atoms with Gasteiger partial charge in [-0.2, -0.15) is 0 Å². The minimum absolute atomic E-state index is 0.0616. The Morgan fingerprint density at radius 3 is 2.64 bits per heavy atom. The quantitative estimate of drug-likeness (QED) is 0.507. The molecule has 0 spiro atoms. The predicted molar refractivity (Wildman–Crippen MR) is 81.8 cm³/mol. The van der Waals surface area contributed by atoms with Gasteiger partial charge in [0, 0.05) is 20.2 Å². The van der Waals surface area contributed by atoms with E-state index in [1.807, 2.05) is 0 Å². The molecule has 0 aliphatic rings. The fourth-order valence-corrected chi connectivity index (χ4v) is 1.76. The van der Waals surface area contributed by atoms with E-state index in [-0.39, 0.29) is 17.2 Å². The first kappa shape index (κ1) is 18.4. The number of phenolic OH excluding ortho intramolecular Hbond substituents is 1. The number of hydrogen-bond donors (Lipinski definition) is 3. The molecule has 4 N–H and O–H groups in total. The van der Waals surface area contributed by atoms with Gasteiger partial charge in [-0.25, -0.2) is 0 Å². The molecule has 7 nitrogen and oxygen atoms in total. The minimum atomic E-state index is -0.349. The molecule has 1 amide bonds. The summed E-state index contributed by atoms with van der Waals surface area (Å²) in [4.78, 5) is 12.0. The van der Waals surface area contributed by atoms with Crippen molar-refractivity contribution < 1.29 is 24.1 Å². The summed E-state index contributed by atoms with van der Waals surface area (Å²) in [6, 6.07) is 4.80. The number of rotatable bonds is 11. The van der Waals surface area contributed by atoms with Gasteiger partial charge in [-0.3, -0.25) is 4.79 Å². The molecule has 0 fully saturated rings. The maximum Gasteiger partial charge on any atom is 0.255 e. The molecule has 1 aromatic carbocycles. The summed E-state index contributed by atoms with van der Waals surface area (Å²) in [7, 11) is 1.57. The molecule has 1 rings (SSSR count). The largest absolute Gasteiger partial charge is 0.507 e. The van der Waals surface area contributed by atoms with Crippen molar-refractivity contribution in [2.45, 2.75) is 6.61 Å². The monoisotopic (exact) mass is 312 g/mol. The van der Waals surface area contributed by atoms with E-state index in [0.717, 1.165) is 5.56 Å². The Hall–Kier alpha value is -1.67. The van der Waals surface area contributed by atoms with Gasteiger partial charge in [0.05, 0.1) is 38.6 Å². The molecule has 0 aliphatic carbocycles. The molecule has 0 aromatic heterocycles. The fraction of sp³-hybridized carbons (Fsp3) is 0.533. The van der Waals surface area contributed by atoms with Crippen LogP contribution in [0.1, 0.15) is 15.9 Å². The lowest BCUT2D eigenvalue weighted by atomic mass is 10.1. The number of phenols is 1. The van der Waals surface area contributed by atoms with Crippen LogP contribution < -0.4 is 11.1 Å². The van der Waals surface area contributed by atoms with E-state index >= 15 is 0 Å². The van der Waals surface area contributed by atoms with Gasteiger partial charge in [0.15, 0.2) is 0 Å². The summed E-state index contributed by atoms with van der Waals surface area (Å²) in [6.45, 7) is 3.03. The molecule has 22 heavy (non-hydrogen) atoms. The maximum absolute atomic E-state index is 12.0. The third-order valence-corrected chi connectivity index (χ3v) is 2.78. The van der Waals surface area contributed by atoms with Crippen LogP contribution in [-0.4, -0.2) is 57.6 Å². The van der Waals surface area contributed by atoms with Gasteiger partial charge in [-0.05, 0) is 17.7 Å². The minimum Gasteiger partial charge on any atom is -0.507 e. The van der Waals surface area contributed by atoms with Gasteiger partial charge in [-0.15, -0.1) is 0 Å². The Morgan fingerprint density at radius 1 is 1.23 bits per heavy atom. The van der Waals surface area contributed by atoms with E-state index in [4.69, 9.17) is 19.9 Å². The van der Waals surface area contributed by atoms with Gasteiger partial charge in [0.2, 0.25) is 0 Å². The first-order valence-electron chi connectivity index (χ1n) is 7.13. The first-order valence-corrected chi connectivity index (χ1v) is 7.13. The average molecular weight is 312 g/mol. The van der Waals surface area contributed by atoms with Gasteiger partial charge < -0.3 is 30.4 Å². The van der Waals surface area contributed by atoms with E-state index < -0.39 is 0 Å². The van der Waals surface area contributed by atoms with Crippen LogP contribution >= 0.6 is 0 Å². The zero-order valence-electron chi connectivity index (χ0n) is 12.8. The van der Waals surface area contributed by atoms with Gasteiger partial charge >= 0.3 is 0 Å². The van der Waals surface area contributed by atoms with Crippen LogP contribution in [0.3, 0.4) is 0 Å². The zero-order valence-corrected chi connectivity index (χ0v) is 12.8. The molecular formula is C15H24N2O5. The lowest BCUT2D eigenvalue weighted by Gasteiger charge is -2.09. The number of hydrogen-bond acceptors (Lipinski definition) is 6. The Balaban J connectivity index is 2.29. The van der Waals surface area contributed by atoms with Crippen molar-refractivity contribution in [3.63, 3.8) is 0 Å². The van der Waals surface area contributed by atoms with E-state index in [1.54, 1.807) is 19.2 Å². The third-order valence-electron chi connectivity index (χ3n) is 2.78. The van der Waals surface area contributed by atoms with Crippen LogP contribution in [0.5, 0.6) is 5.75 Å². The van der Waals surface area contributed by atoms with Crippen LogP contribution in [0.15, 0.2) is 18.2 Å². The SMILES string of the molecule is COCc1ccc(O)c(C(=O)NCCOCCOCCN)c1. The Labute approximate surface area is 130 Å². The number of amides is 1. The molecule has 0 aliphatic heterocycles. The molecular weight excluding hydrogens is 288 g/mol. The van der Waals surface area contributed by atoms with Crippen molar-refractivity contribution in [3.05, 3.63) is 29.3 Å². The summed E-state index contributed by atoms with van der Waals surface area (Å²) >= 11 is 0. The predicted octanol–water partition coefficient (Wildman–Crippen LogP) is 0.260. The van der Waals surface area contributed by atoms with E-state index in [9.17, 15) is 9.90 Å². The molecule has 0 bridgehead atoms. The summed E-state index contributed by atoms with van der Waals surface area (Å²) < 4.78 is 15.4. The summed E-state index contributed by atoms with van der Waals surface area (Å²) in [5.74, 6) is -0.410. The number of benzene rings is 1. The molecule has 0 radical (unpaired) electrons. The maximum atomic E-state index is 12.0. The lowest BCUT2D eigenvalue weighted by molar-refractivity contribution is 0.0511. The highest BCUT2D eigenvalue weighted by Crippen LogP contribution is 2.18. The number of ether oxygens (including phenoxy) is 3. The van der Waals surface area contributed by atoms with Crippen molar-refractivity contribution in [1.29, 1.82) is 0 Å². The van der Waals surface area contributed by atoms with Gasteiger partial charge in [-0.1, -0.05) is 6.07 Å². The molecule has 0 heterocycles. The smallest absolute Gasteiger partial charge is 0.255 e. The van der Waals surface area contributed by atoms with E-state index in [1.165, 1.54) is 6.07 Å². The molecule has 0 atom stereocenters. The van der Waals surface area contributed by atoms with Crippen molar-refractivity contribution >= 4 is 5.91 Å². The van der Waals surface area contributed by atoms with Crippen molar-refractivity contribution in [1.82, 2.24) is 5.32 Å². The molecule has 1 aromatic rings. The highest BCUT2D eigenvalue weighted by atomic mass is 16.5. The molecule has 0 saturated carbocycles. The molecule has 7 heteroatoms. The molecule has 124 valence electrons. The Morgan fingerprint density at radius 2 is 1.95 bits per heavy atom. The first-order chi connectivity index (χ1) is 10.7. The van der Waals surface area contributed by atoms with Crippen LogP contribution in [-0.2, 0) is 20.8 Å². The number of nitrogens with one attached hydrogen (secondary N) is 1. The van der Waals surface area contributed by atoms with Crippen LogP contribution in [0.2, 0.25) is 0 Å². The number of carbonyl (C=O) groups excluding carboxylic acids is 1. The van der Waals surface area contributed by atoms with E-state index in [2.05, 4.69) is 5.32 Å². The molecule has 0 unspecified atom stereocenters. The summed E-state index contributed by atoms with van der Waals surface area (Å²) in [5.41, 5.74) is 6.32. The number of carbonyl (C=O) groups is 1. The van der Waals surface area contributed by atoms with Crippen LogP contribution in [0, 0.1) is 0 Å². The standard InChI is InChI=1S/C15H24N2O5/c1-20-11-12-2-3-14(18)13(10-12)15(19)17-5-7-22-9-8-21-6-4-16/h2-3,10,18H,4-9,11,16H2,1H3,(H,17,19). The zero-order chi connectivity index (χ0) is 16.2. The highest BCUT2D eigenvalue weighted by molar-refractivity contribution is 5.96. The van der Waals surface area contributed by atoms with Crippen molar-refractivity contribution in [2.24, 2.45) is 5.73 Å². The van der Waals surface area contributed by atoms with Crippen LogP contribution in [0.4, 0.5) is 0 Å². The lowest BCUT2D eigenvalue weighted by Crippen LogP contribution is -2.28. The summed E-state index contributed by atoms with van der Waals surface area (Å²) in [5, 5.41) is 12.4. The second kappa shape index (κ2) is 11.0. The number of aromatic hydroxyl groups is 1. The van der Waals surface area contributed by atoms with Crippen LogP contribution in [0.25, 0.3) is 0 Å². The van der Waals surface area contributed by atoms with Crippen molar-refractivity contribution in [2.75, 3.05) is 46.6 Å². The summed E-state index contributed by atoms with van der Waals surface area (Å²) in [6.07, 6.45) is 0. The molecule has 0 saturated heterocycles. The van der Waals surface area contributed by atoms with E-state index in [0.29, 0.717) is 46.1 Å². The highest BCUT2D eigenvalue weighted by Gasteiger charge is 2.11. The Bertz CT molecular complexity index is 454. The number of methoxy groups -OCH3 is 1. The fourth-order valence-electron chi connectivity index (χ4n) is 1.76. The number of nitrogens with two attached hydrogens (primary N) is 1. The van der Waals surface area contributed by atoms with Crippen molar-refractivity contribution in [3.8, 4) is 5.75 Å². The normalized spacial score (nSPS) is 10.6. The third kappa shape index (κ3) is 6.86. The van der Waals surface area contributed by atoms with Gasteiger partial charge in [0.25, 0.3) is 5.91 Å². The Kier molecular flexibility index (Phi) is 9.17. The second-order valence-electron chi connectivity index (χ2n) is 4.55. The second-order valence-corrected chi connectivity index (χ2v) is 4.55.